The van der Waals surface area contributed by atoms with E-state index in [1.54, 1.807) is 12.1 Å². The van der Waals surface area contributed by atoms with Crippen LogP contribution in [-0.2, 0) is 12.8 Å². The fraction of sp³-hybridized carbons (Fsp3) is 0.235. The van der Waals surface area contributed by atoms with E-state index in [1.165, 1.54) is 30.4 Å². The van der Waals surface area contributed by atoms with Gasteiger partial charge in [0.15, 0.2) is 0 Å². The van der Waals surface area contributed by atoms with E-state index in [-0.39, 0.29) is 5.84 Å². The van der Waals surface area contributed by atoms with Crippen LogP contribution in [0.4, 0.5) is 0 Å². The van der Waals surface area contributed by atoms with E-state index < -0.39 is 0 Å². The van der Waals surface area contributed by atoms with Crippen LogP contribution in [-0.4, -0.2) is 5.84 Å². The molecule has 0 unspecified atom stereocenters. The maximum atomic E-state index is 7.37. The number of nitrogens with two attached hydrogens (primary N) is 1. The Bertz CT molecular complexity index is 632. The van der Waals surface area contributed by atoms with Crippen LogP contribution in [0.5, 0.6) is 11.5 Å². The highest BCUT2D eigenvalue weighted by Gasteiger charge is 2.10. The van der Waals surface area contributed by atoms with Gasteiger partial charge in [-0.25, -0.2) is 0 Å². The molecule has 3 rings (SSSR count). The number of amidine groups is 1. The van der Waals surface area contributed by atoms with Crippen LogP contribution in [0.1, 0.15) is 29.5 Å². The molecule has 0 radical (unpaired) electrons. The molecule has 2 aromatic carbocycles. The van der Waals surface area contributed by atoms with Gasteiger partial charge in [0.2, 0.25) is 0 Å². The molecule has 0 aromatic heterocycles. The number of benzene rings is 2. The third kappa shape index (κ3) is 2.67. The largest absolute Gasteiger partial charge is 0.457 e. The first kappa shape index (κ1) is 12.7. The number of aryl methyl sites for hydroxylation is 2. The molecule has 0 atom stereocenters. The van der Waals surface area contributed by atoms with Crippen LogP contribution < -0.4 is 10.5 Å². The molecule has 0 bridgehead atoms. The van der Waals surface area contributed by atoms with E-state index in [4.69, 9.17) is 15.9 Å². The maximum Gasteiger partial charge on any atom is 0.127 e. The van der Waals surface area contributed by atoms with Crippen molar-refractivity contribution >= 4 is 5.84 Å². The summed E-state index contributed by atoms with van der Waals surface area (Å²) in [5, 5.41) is 7.37. The van der Waals surface area contributed by atoms with Crippen LogP contribution in [0, 0.1) is 5.41 Å². The van der Waals surface area contributed by atoms with Gasteiger partial charge in [-0.15, -0.1) is 0 Å². The molecule has 3 heteroatoms. The summed E-state index contributed by atoms with van der Waals surface area (Å²) in [4.78, 5) is 0. The van der Waals surface area contributed by atoms with E-state index in [2.05, 4.69) is 12.1 Å². The molecule has 2 aromatic rings. The van der Waals surface area contributed by atoms with Crippen molar-refractivity contribution in [3.05, 3.63) is 59.2 Å². The fourth-order valence-corrected chi connectivity index (χ4v) is 2.61. The van der Waals surface area contributed by atoms with Gasteiger partial charge < -0.3 is 10.5 Å². The molecule has 3 N–H and O–H groups in total. The van der Waals surface area contributed by atoms with Crippen molar-refractivity contribution in [2.45, 2.75) is 25.7 Å². The lowest BCUT2D eigenvalue weighted by Crippen LogP contribution is -2.10. The Labute approximate surface area is 118 Å². The zero-order chi connectivity index (χ0) is 13.9. The molecule has 1 aliphatic carbocycles. The smallest absolute Gasteiger partial charge is 0.127 e. The Kier molecular flexibility index (Phi) is 3.42. The van der Waals surface area contributed by atoms with Gasteiger partial charge in [-0.1, -0.05) is 6.07 Å². The van der Waals surface area contributed by atoms with Crippen LogP contribution in [0.25, 0.3) is 0 Å². The van der Waals surface area contributed by atoms with E-state index in [0.717, 1.165) is 17.9 Å². The highest BCUT2D eigenvalue weighted by atomic mass is 16.5. The average Bonchev–Trinajstić information content (AvgIpc) is 2.48. The van der Waals surface area contributed by atoms with Crippen molar-refractivity contribution in [1.29, 1.82) is 5.41 Å². The number of rotatable bonds is 3. The first-order valence-electron chi connectivity index (χ1n) is 6.96. The quantitative estimate of drug-likeness (QED) is 0.658. The first-order chi connectivity index (χ1) is 9.72. The predicted octanol–water partition coefficient (Wildman–Crippen LogP) is 3.64. The Hall–Kier alpha value is -2.29. The molecule has 20 heavy (non-hydrogen) atoms. The zero-order valence-electron chi connectivity index (χ0n) is 11.4. The van der Waals surface area contributed by atoms with E-state index in [1.807, 2.05) is 18.2 Å². The molecule has 0 amide bonds. The Morgan fingerprint density at radius 2 is 1.55 bits per heavy atom. The molecule has 0 aliphatic heterocycles. The number of fused-ring (bicyclic) bond motifs is 1. The summed E-state index contributed by atoms with van der Waals surface area (Å²) in [5.74, 6) is 1.72. The number of nitrogen functional groups attached to an aromatic ring is 1. The number of hydrogen-bond donors (Lipinski definition) is 2. The second-order valence-electron chi connectivity index (χ2n) is 5.18. The third-order valence-electron chi connectivity index (χ3n) is 3.72. The minimum Gasteiger partial charge on any atom is -0.457 e. The maximum absolute atomic E-state index is 7.37. The van der Waals surface area contributed by atoms with Crippen molar-refractivity contribution in [3.8, 4) is 11.5 Å². The molecule has 0 heterocycles. The highest BCUT2D eigenvalue weighted by molar-refractivity contribution is 5.94. The molecule has 0 spiro atoms. The average molecular weight is 266 g/mol. The minimum absolute atomic E-state index is 0.0744. The van der Waals surface area contributed by atoms with Crippen LogP contribution in [0.2, 0.25) is 0 Å². The summed E-state index contributed by atoms with van der Waals surface area (Å²) in [6.07, 6.45) is 4.89. The predicted molar refractivity (Wildman–Crippen MR) is 80.6 cm³/mol. The van der Waals surface area contributed by atoms with Gasteiger partial charge >= 0.3 is 0 Å². The molecular formula is C17H18N2O. The van der Waals surface area contributed by atoms with E-state index in [9.17, 15) is 0 Å². The van der Waals surface area contributed by atoms with Crippen LogP contribution >= 0.6 is 0 Å². The molecule has 1 aliphatic rings. The summed E-state index contributed by atoms with van der Waals surface area (Å²) in [5.41, 5.74) is 9.01. The summed E-state index contributed by atoms with van der Waals surface area (Å²) in [6, 6.07) is 13.6. The number of hydrogen-bond acceptors (Lipinski definition) is 2. The van der Waals surface area contributed by atoms with Crippen molar-refractivity contribution in [2.75, 3.05) is 0 Å². The summed E-state index contributed by atoms with van der Waals surface area (Å²) in [6.45, 7) is 0. The number of ether oxygens (including phenoxy) is 1. The van der Waals surface area contributed by atoms with Crippen molar-refractivity contribution in [3.63, 3.8) is 0 Å². The van der Waals surface area contributed by atoms with Gasteiger partial charge in [0.25, 0.3) is 0 Å². The van der Waals surface area contributed by atoms with E-state index >= 15 is 0 Å². The Balaban J connectivity index is 1.78. The van der Waals surface area contributed by atoms with Crippen molar-refractivity contribution in [2.24, 2.45) is 5.73 Å². The topological polar surface area (TPSA) is 59.1 Å². The standard InChI is InChI=1S/C17H18N2O/c18-17(19)13-6-8-15(9-7-13)20-16-10-5-12-3-1-2-4-14(12)11-16/h5-11H,1-4H2,(H3,18,19). The molecule has 0 fully saturated rings. The Morgan fingerprint density at radius 3 is 2.25 bits per heavy atom. The normalized spacial score (nSPS) is 13.6. The van der Waals surface area contributed by atoms with E-state index in [0.29, 0.717) is 5.56 Å². The van der Waals surface area contributed by atoms with Crippen molar-refractivity contribution in [1.82, 2.24) is 0 Å². The van der Waals surface area contributed by atoms with Gasteiger partial charge in [0.1, 0.15) is 17.3 Å². The Morgan fingerprint density at radius 1 is 0.900 bits per heavy atom. The van der Waals surface area contributed by atoms with Crippen LogP contribution in [0.3, 0.4) is 0 Å². The lowest BCUT2D eigenvalue weighted by Gasteiger charge is -2.16. The highest BCUT2D eigenvalue weighted by Crippen LogP contribution is 2.28. The lowest BCUT2D eigenvalue weighted by molar-refractivity contribution is 0.480. The summed E-state index contributed by atoms with van der Waals surface area (Å²) >= 11 is 0. The lowest BCUT2D eigenvalue weighted by atomic mass is 9.92. The molecular weight excluding hydrogens is 248 g/mol. The fourth-order valence-electron chi connectivity index (χ4n) is 2.61. The summed E-state index contributed by atoms with van der Waals surface area (Å²) < 4.78 is 5.87. The van der Waals surface area contributed by atoms with Gasteiger partial charge in [-0.2, -0.15) is 0 Å². The summed E-state index contributed by atoms with van der Waals surface area (Å²) in [7, 11) is 0. The van der Waals surface area contributed by atoms with Crippen molar-refractivity contribution < 1.29 is 4.74 Å². The van der Waals surface area contributed by atoms with Gasteiger partial charge in [-0.3, -0.25) is 5.41 Å². The van der Waals surface area contributed by atoms with Gasteiger partial charge in [0.05, 0.1) is 0 Å². The second kappa shape index (κ2) is 5.37. The SMILES string of the molecule is N=C(N)c1ccc(Oc2ccc3c(c2)CCCC3)cc1. The van der Waals surface area contributed by atoms with Crippen LogP contribution in [0.15, 0.2) is 42.5 Å². The van der Waals surface area contributed by atoms with Gasteiger partial charge in [-0.05, 0) is 73.2 Å². The molecule has 0 saturated carbocycles. The molecule has 0 saturated heterocycles. The first-order valence-corrected chi connectivity index (χ1v) is 6.96. The minimum atomic E-state index is 0.0744. The third-order valence-corrected chi connectivity index (χ3v) is 3.72. The number of nitrogens with one attached hydrogen (secondary N) is 1. The van der Waals surface area contributed by atoms with Gasteiger partial charge in [0, 0.05) is 5.56 Å². The monoisotopic (exact) mass is 266 g/mol. The zero-order valence-corrected chi connectivity index (χ0v) is 11.4. The molecule has 102 valence electrons. The molecule has 3 nitrogen and oxygen atoms in total. The second-order valence-corrected chi connectivity index (χ2v) is 5.18.